The fourth-order valence-electron chi connectivity index (χ4n) is 6.07. The maximum atomic E-state index is 13.5. The van der Waals surface area contributed by atoms with Crippen molar-refractivity contribution in [2.24, 2.45) is 10.7 Å². The number of carbonyl (C=O) groups excluding carboxylic acids is 2. The van der Waals surface area contributed by atoms with Gasteiger partial charge in [0.1, 0.15) is 29.0 Å². The second-order valence-corrected chi connectivity index (χ2v) is 15.8. The Morgan fingerprint density at radius 1 is 1.08 bits per heavy atom. The molecule has 0 saturated heterocycles. The number of carboxylic acids is 1. The number of nitrogens with one attached hydrogen (secondary N) is 4. The molecule has 0 aliphatic carbocycles. The minimum Gasteiger partial charge on any atom is -0.487 e. The fourth-order valence-corrected chi connectivity index (χ4v) is 7.60. The van der Waals surface area contributed by atoms with Crippen LogP contribution in [0.4, 0.5) is 4.79 Å². The van der Waals surface area contributed by atoms with Gasteiger partial charge in [0.15, 0.2) is 0 Å². The fraction of sp³-hybridized carbons (Fsp3) is 0.486. The lowest BCUT2D eigenvalue weighted by Gasteiger charge is -2.24. The highest BCUT2D eigenvalue weighted by molar-refractivity contribution is 7.90. The number of nitrogens with two attached hydrogens (primary N) is 1. The number of alkyl carbamates (subject to hydrolysis) is 1. The number of benzene rings is 2. The Balaban J connectivity index is 1.42. The SMILES string of the molecule is Cc1c(C)c(S(=O)(=O)NC(N)=NCCC[C@H](NC(=O)[C@H](Cc2c[nH]c3ccccc23)NC(=O)OC(C)(C)C)C(=O)O)c(C)c2c1OC(C)(C)C2. The third kappa shape index (κ3) is 9.05. The van der Waals surface area contributed by atoms with Crippen LogP contribution in [0.5, 0.6) is 5.75 Å². The zero-order chi connectivity index (χ0) is 37.2. The van der Waals surface area contributed by atoms with E-state index in [-0.39, 0.29) is 36.7 Å². The van der Waals surface area contributed by atoms with Crippen molar-refractivity contribution in [2.45, 2.75) is 109 Å². The Kier molecular flexibility index (Phi) is 11.1. The van der Waals surface area contributed by atoms with Crippen LogP contribution in [0, 0.1) is 20.8 Å². The molecule has 7 N–H and O–H groups in total. The van der Waals surface area contributed by atoms with Crippen LogP contribution in [-0.2, 0) is 37.2 Å². The minimum atomic E-state index is -4.11. The van der Waals surface area contributed by atoms with Crippen LogP contribution in [0.15, 0.2) is 40.4 Å². The summed E-state index contributed by atoms with van der Waals surface area (Å²) in [5, 5.41) is 15.9. The van der Waals surface area contributed by atoms with Crippen LogP contribution < -0.4 is 25.8 Å². The van der Waals surface area contributed by atoms with Gasteiger partial charge in [0.2, 0.25) is 11.9 Å². The number of carboxylic acid groups (broad SMARTS) is 1. The van der Waals surface area contributed by atoms with Gasteiger partial charge in [0, 0.05) is 42.0 Å². The van der Waals surface area contributed by atoms with Gasteiger partial charge in [-0.05, 0) is 96.6 Å². The molecule has 0 saturated carbocycles. The van der Waals surface area contributed by atoms with Crippen molar-refractivity contribution in [3.05, 3.63) is 58.3 Å². The summed E-state index contributed by atoms with van der Waals surface area (Å²) in [6, 6.07) is 4.99. The van der Waals surface area contributed by atoms with Crippen LogP contribution in [0.25, 0.3) is 10.9 Å². The summed E-state index contributed by atoms with van der Waals surface area (Å²) in [6.45, 7) is 14.2. The highest BCUT2D eigenvalue weighted by Gasteiger charge is 2.37. The van der Waals surface area contributed by atoms with E-state index in [4.69, 9.17) is 15.2 Å². The summed E-state index contributed by atoms with van der Waals surface area (Å²) < 4.78 is 40.7. The van der Waals surface area contributed by atoms with Crippen molar-refractivity contribution >= 4 is 44.9 Å². The maximum Gasteiger partial charge on any atom is 0.408 e. The summed E-state index contributed by atoms with van der Waals surface area (Å²) in [5.41, 5.74) is 8.98. The van der Waals surface area contributed by atoms with Gasteiger partial charge in [-0.25, -0.2) is 22.7 Å². The number of ether oxygens (including phenoxy) is 2. The van der Waals surface area contributed by atoms with Crippen LogP contribution >= 0.6 is 0 Å². The molecular formula is C35H48N6O8S. The lowest BCUT2D eigenvalue weighted by atomic mass is 9.94. The van der Waals surface area contributed by atoms with Crippen LogP contribution in [-0.4, -0.2) is 72.3 Å². The number of aromatic nitrogens is 1. The zero-order valence-electron chi connectivity index (χ0n) is 29.8. The number of hydrogen-bond acceptors (Lipinski definition) is 8. The third-order valence-electron chi connectivity index (χ3n) is 8.45. The summed E-state index contributed by atoms with van der Waals surface area (Å²) in [4.78, 5) is 45.6. The van der Waals surface area contributed by atoms with E-state index in [1.54, 1.807) is 40.8 Å². The quantitative estimate of drug-likeness (QED) is 0.0912. The number of aromatic amines is 1. The van der Waals surface area contributed by atoms with E-state index in [0.717, 1.165) is 27.6 Å². The molecule has 0 spiro atoms. The molecule has 0 fully saturated rings. The Morgan fingerprint density at radius 2 is 1.76 bits per heavy atom. The second kappa shape index (κ2) is 14.6. The van der Waals surface area contributed by atoms with Crippen molar-refractivity contribution in [1.29, 1.82) is 0 Å². The van der Waals surface area contributed by atoms with Crippen molar-refractivity contribution < 1.29 is 37.4 Å². The van der Waals surface area contributed by atoms with Crippen molar-refractivity contribution in [3.63, 3.8) is 0 Å². The summed E-state index contributed by atoms with van der Waals surface area (Å²) >= 11 is 0. The number of H-pyrrole nitrogens is 1. The molecule has 15 heteroatoms. The number of aliphatic imine (C=N–C) groups is 1. The number of fused-ring (bicyclic) bond motifs is 2. The molecule has 1 aliphatic rings. The molecule has 272 valence electrons. The van der Waals surface area contributed by atoms with Gasteiger partial charge < -0.3 is 35.9 Å². The molecule has 0 radical (unpaired) electrons. The number of amides is 2. The van der Waals surface area contributed by atoms with E-state index >= 15 is 0 Å². The van der Waals surface area contributed by atoms with Crippen molar-refractivity contribution in [2.75, 3.05) is 6.54 Å². The van der Waals surface area contributed by atoms with Gasteiger partial charge in [0.05, 0.1) is 4.90 Å². The average Bonchev–Trinajstić information content (AvgIpc) is 3.55. The van der Waals surface area contributed by atoms with E-state index < -0.39 is 51.3 Å². The Labute approximate surface area is 292 Å². The third-order valence-corrected chi connectivity index (χ3v) is 10.1. The van der Waals surface area contributed by atoms with Gasteiger partial charge in [-0.15, -0.1) is 0 Å². The first-order valence-electron chi connectivity index (χ1n) is 16.4. The van der Waals surface area contributed by atoms with Crippen LogP contribution in [0.1, 0.15) is 75.3 Å². The van der Waals surface area contributed by atoms with Crippen molar-refractivity contribution in [1.82, 2.24) is 20.3 Å². The largest absolute Gasteiger partial charge is 0.487 e. The molecule has 2 aromatic carbocycles. The first kappa shape index (κ1) is 38.0. The summed E-state index contributed by atoms with van der Waals surface area (Å²) in [7, 11) is -4.11. The number of para-hydroxylation sites is 1. The number of hydrogen-bond donors (Lipinski definition) is 6. The topological polar surface area (TPSA) is 214 Å². The molecular weight excluding hydrogens is 664 g/mol. The molecule has 1 aliphatic heterocycles. The molecule has 0 unspecified atom stereocenters. The molecule has 4 rings (SSSR count). The smallest absolute Gasteiger partial charge is 0.408 e. The minimum absolute atomic E-state index is 0.0217. The predicted molar refractivity (Wildman–Crippen MR) is 190 cm³/mol. The molecule has 3 aromatic rings. The van der Waals surface area contributed by atoms with E-state index in [1.807, 2.05) is 45.0 Å². The van der Waals surface area contributed by atoms with Crippen LogP contribution in [0.2, 0.25) is 0 Å². The predicted octanol–water partition coefficient (Wildman–Crippen LogP) is 3.89. The average molecular weight is 713 g/mol. The van der Waals surface area contributed by atoms with Gasteiger partial charge in [-0.1, -0.05) is 18.2 Å². The van der Waals surface area contributed by atoms with Gasteiger partial charge in [-0.3, -0.25) is 9.79 Å². The van der Waals surface area contributed by atoms with Crippen molar-refractivity contribution in [3.8, 4) is 5.75 Å². The highest BCUT2D eigenvalue weighted by atomic mass is 32.2. The number of guanidine groups is 1. The molecule has 1 aromatic heterocycles. The number of aliphatic carboxylic acids is 1. The first-order valence-corrected chi connectivity index (χ1v) is 17.9. The summed E-state index contributed by atoms with van der Waals surface area (Å²) in [5.74, 6) is -1.65. The van der Waals surface area contributed by atoms with E-state index in [2.05, 4.69) is 25.3 Å². The highest BCUT2D eigenvalue weighted by Crippen LogP contribution is 2.43. The Hall–Kier alpha value is -4.79. The molecule has 2 atom stereocenters. The Bertz CT molecular complexity index is 1930. The van der Waals surface area contributed by atoms with E-state index in [1.165, 1.54) is 0 Å². The monoisotopic (exact) mass is 712 g/mol. The molecule has 50 heavy (non-hydrogen) atoms. The number of sulfonamides is 1. The molecule has 0 bridgehead atoms. The number of carbonyl (C=O) groups is 3. The second-order valence-electron chi connectivity index (χ2n) is 14.2. The first-order chi connectivity index (χ1) is 23.2. The lowest BCUT2D eigenvalue weighted by Crippen LogP contribution is -2.53. The zero-order valence-corrected chi connectivity index (χ0v) is 30.6. The van der Waals surface area contributed by atoms with E-state index in [9.17, 15) is 27.9 Å². The standard InChI is InChI=1S/C35H48N6O8S/c1-19-20(2)29(21(3)24-17-35(7,8)48-28(19)24)50(46,47)41-32(36)37-15-11-14-26(31(43)44)39-30(42)27(40-33(45)49-34(4,5)6)16-22-18-38-25-13-10-9-12-23(22)25/h9-10,12-13,18,26-27,38H,11,14-17H2,1-8H3,(H,39,42)(H,40,45)(H,43,44)(H3,36,37,41)/t26-,27-/m0/s1. The number of rotatable bonds is 12. The molecule has 14 nitrogen and oxygen atoms in total. The van der Waals surface area contributed by atoms with Gasteiger partial charge in [0.25, 0.3) is 10.0 Å². The summed E-state index contributed by atoms with van der Waals surface area (Å²) in [6.07, 6.45) is 1.63. The number of nitrogens with zero attached hydrogens (tertiary/aromatic N) is 1. The van der Waals surface area contributed by atoms with Gasteiger partial charge in [-0.2, -0.15) is 0 Å². The maximum absolute atomic E-state index is 13.5. The molecule has 2 heterocycles. The van der Waals surface area contributed by atoms with E-state index in [0.29, 0.717) is 23.3 Å². The normalized spacial score (nSPS) is 15.5. The molecule has 2 amide bonds. The van der Waals surface area contributed by atoms with Crippen LogP contribution in [0.3, 0.4) is 0 Å². The lowest BCUT2D eigenvalue weighted by molar-refractivity contribution is -0.142. The van der Waals surface area contributed by atoms with Gasteiger partial charge >= 0.3 is 12.1 Å². The Morgan fingerprint density at radius 3 is 2.42 bits per heavy atom.